The number of nitrogens with zero attached hydrogens (tertiary/aromatic N) is 5. The Hall–Kier alpha value is -3.09. The molecule has 0 N–H and O–H groups in total. The molecule has 0 bridgehead atoms. The lowest BCUT2D eigenvalue weighted by Gasteiger charge is -2.26. The summed E-state index contributed by atoms with van der Waals surface area (Å²) in [5.74, 6) is 2.40. The maximum atomic E-state index is 5.60. The largest absolute Gasteiger partial charge is 0.497 e. The molecule has 0 saturated carbocycles. The summed E-state index contributed by atoms with van der Waals surface area (Å²) in [5.41, 5.74) is 2.03. The topological polar surface area (TPSA) is 65.3 Å². The lowest BCUT2D eigenvalue weighted by Crippen LogP contribution is -2.26. The van der Waals surface area contributed by atoms with E-state index in [1.807, 2.05) is 48.5 Å². The van der Waals surface area contributed by atoms with E-state index < -0.39 is 0 Å². The van der Waals surface area contributed by atoms with Crippen LogP contribution in [0.1, 0.15) is 24.4 Å². The maximum Gasteiger partial charge on any atom is 0.250 e. The summed E-state index contributed by atoms with van der Waals surface area (Å²) in [5, 5.41) is 12.4. The van der Waals surface area contributed by atoms with Gasteiger partial charge in [-0.05, 0) is 53.6 Å². The number of tetrazole rings is 1. The van der Waals surface area contributed by atoms with Crippen molar-refractivity contribution >= 4 is 5.95 Å². The number of hydrogen-bond donors (Lipinski definition) is 0. The van der Waals surface area contributed by atoms with E-state index in [4.69, 9.17) is 9.47 Å². The molecule has 134 valence electrons. The van der Waals surface area contributed by atoms with Crippen LogP contribution >= 0.6 is 0 Å². The summed E-state index contributed by atoms with van der Waals surface area (Å²) < 4.78 is 12.8. The van der Waals surface area contributed by atoms with E-state index in [9.17, 15) is 0 Å². The Labute approximate surface area is 152 Å². The molecule has 1 atom stereocenters. The molecule has 2 heterocycles. The number of ether oxygens (including phenoxy) is 2. The van der Waals surface area contributed by atoms with Crippen LogP contribution in [0, 0.1) is 0 Å². The number of methoxy groups -OCH3 is 2. The molecule has 4 rings (SSSR count). The van der Waals surface area contributed by atoms with Crippen molar-refractivity contribution in [2.24, 2.45) is 0 Å². The third-order valence-electron chi connectivity index (χ3n) is 4.76. The zero-order valence-electron chi connectivity index (χ0n) is 14.9. The molecular formula is C19H21N5O2. The summed E-state index contributed by atoms with van der Waals surface area (Å²) in [6.07, 6.45) is 2.07. The summed E-state index contributed by atoms with van der Waals surface area (Å²) in [4.78, 5) is 2.24. The van der Waals surface area contributed by atoms with E-state index in [2.05, 4.69) is 20.4 Å². The van der Waals surface area contributed by atoms with Gasteiger partial charge in [-0.15, -0.1) is 0 Å². The van der Waals surface area contributed by atoms with Crippen molar-refractivity contribution in [3.05, 3.63) is 54.1 Å². The Morgan fingerprint density at radius 2 is 1.88 bits per heavy atom. The molecule has 26 heavy (non-hydrogen) atoms. The third kappa shape index (κ3) is 2.85. The Balaban J connectivity index is 1.74. The summed E-state index contributed by atoms with van der Waals surface area (Å²) in [6, 6.07) is 16.0. The fraction of sp³-hybridized carbons (Fsp3) is 0.316. The van der Waals surface area contributed by atoms with Crippen molar-refractivity contribution in [3.8, 4) is 17.2 Å². The van der Waals surface area contributed by atoms with Crippen LogP contribution in [0.25, 0.3) is 5.69 Å². The van der Waals surface area contributed by atoms with Gasteiger partial charge in [0.05, 0.1) is 25.9 Å². The quantitative estimate of drug-likeness (QED) is 0.704. The fourth-order valence-corrected chi connectivity index (χ4v) is 3.53. The highest BCUT2D eigenvalue weighted by atomic mass is 16.5. The predicted octanol–water partition coefficient (Wildman–Crippen LogP) is 3.02. The third-order valence-corrected chi connectivity index (χ3v) is 4.76. The highest BCUT2D eigenvalue weighted by Gasteiger charge is 2.32. The summed E-state index contributed by atoms with van der Waals surface area (Å²) in [6.45, 7) is 0.887. The van der Waals surface area contributed by atoms with Gasteiger partial charge in [0.25, 0.3) is 5.95 Å². The number of para-hydroxylation sites is 1. The molecule has 2 aromatic carbocycles. The van der Waals surface area contributed by atoms with Crippen molar-refractivity contribution in [2.75, 3.05) is 25.7 Å². The van der Waals surface area contributed by atoms with Crippen molar-refractivity contribution in [3.63, 3.8) is 0 Å². The Kier molecular flexibility index (Phi) is 4.43. The molecule has 3 aromatic rings. The number of hydrogen-bond acceptors (Lipinski definition) is 6. The highest BCUT2D eigenvalue weighted by molar-refractivity contribution is 5.49. The van der Waals surface area contributed by atoms with Crippen LogP contribution in [-0.4, -0.2) is 41.0 Å². The Bertz CT molecular complexity index is 881. The van der Waals surface area contributed by atoms with E-state index >= 15 is 0 Å². The van der Waals surface area contributed by atoms with Gasteiger partial charge in [-0.3, -0.25) is 0 Å². The van der Waals surface area contributed by atoms with Crippen molar-refractivity contribution < 1.29 is 9.47 Å². The van der Waals surface area contributed by atoms with Crippen LogP contribution in [0.15, 0.2) is 48.5 Å². The highest BCUT2D eigenvalue weighted by Crippen LogP contribution is 2.40. The molecule has 0 radical (unpaired) electrons. The first kappa shape index (κ1) is 16.4. The molecule has 0 unspecified atom stereocenters. The molecule has 1 saturated heterocycles. The van der Waals surface area contributed by atoms with E-state index in [-0.39, 0.29) is 6.04 Å². The number of rotatable bonds is 5. The van der Waals surface area contributed by atoms with E-state index in [0.29, 0.717) is 0 Å². The minimum absolute atomic E-state index is 0.133. The van der Waals surface area contributed by atoms with Crippen molar-refractivity contribution in [1.82, 2.24) is 20.2 Å². The van der Waals surface area contributed by atoms with Gasteiger partial charge in [0.2, 0.25) is 0 Å². The lowest BCUT2D eigenvalue weighted by molar-refractivity contribution is 0.395. The van der Waals surface area contributed by atoms with Gasteiger partial charge in [0, 0.05) is 12.1 Å². The second-order valence-corrected chi connectivity index (χ2v) is 6.19. The van der Waals surface area contributed by atoms with Crippen LogP contribution in [0.5, 0.6) is 11.5 Å². The molecular weight excluding hydrogens is 330 g/mol. The zero-order valence-corrected chi connectivity index (χ0v) is 14.9. The smallest absolute Gasteiger partial charge is 0.250 e. The standard InChI is InChI=1S/C19H21N5O2/c1-25-15-10-11-18(26-2)16(13-15)17-9-6-12-23(17)19-20-21-22-24(19)14-7-4-3-5-8-14/h3-5,7-8,10-11,13,17H,6,9,12H2,1-2H3/t17-/m1/s1. The van der Waals surface area contributed by atoms with Crippen molar-refractivity contribution in [1.29, 1.82) is 0 Å². The lowest BCUT2D eigenvalue weighted by atomic mass is 10.0. The van der Waals surface area contributed by atoms with Crippen LogP contribution in [0.2, 0.25) is 0 Å². The molecule has 1 fully saturated rings. The minimum atomic E-state index is 0.133. The molecule has 0 amide bonds. The molecule has 0 spiro atoms. The second-order valence-electron chi connectivity index (χ2n) is 6.19. The zero-order chi connectivity index (χ0) is 17.9. The van der Waals surface area contributed by atoms with Gasteiger partial charge in [-0.25, -0.2) is 0 Å². The van der Waals surface area contributed by atoms with Gasteiger partial charge in [-0.2, -0.15) is 4.68 Å². The normalized spacial score (nSPS) is 16.7. The average Bonchev–Trinajstić information content (AvgIpc) is 3.37. The minimum Gasteiger partial charge on any atom is -0.497 e. The van der Waals surface area contributed by atoms with Gasteiger partial charge < -0.3 is 14.4 Å². The first-order valence-corrected chi connectivity index (χ1v) is 8.64. The molecule has 0 aliphatic carbocycles. The van der Waals surface area contributed by atoms with Gasteiger partial charge in [0.15, 0.2) is 0 Å². The van der Waals surface area contributed by atoms with Crippen LogP contribution in [-0.2, 0) is 0 Å². The molecule has 1 aliphatic heterocycles. The maximum absolute atomic E-state index is 5.60. The van der Waals surface area contributed by atoms with Crippen LogP contribution in [0.3, 0.4) is 0 Å². The molecule has 7 heteroatoms. The van der Waals surface area contributed by atoms with E-state index in [1.54, 1.807) is 18.9 Å². The van der Waals surface area contributed by atoms with Gasteiger partial charge in [-0.1, -0.05) is 23.3 Å². The van der Waals surface area contributed by atoms with E-state index in [0.717, 1.165) is 48.1 Å². The van der Waals surface area contributed by atoms with Crippen LogP contribution in [0.4, 0.5) is 5.95 Å². The first-order valence-electron chi connectivity index (χ1n) is 8.64. The predicted molar refractivity (Wildman–Crippen MR) is 98.0 cm³/mol. The Morgan fingerprint density at radius 3 is 2.65 bits per heavy atom. The SMILES string of the molecule is COc1ccc(OC)c([C@H]2CCCN2c2nnnn2-c2ccccc2)c1. The number of anilines is 1. The first-order chi connectivity index (χ1) is 12.8. The van der Waals surface area contributed by atoms with Gasteiger partial charge >= 0.3 is 0 Å². The molecule has 1 aliphatic rings. The molecule has 1 aromatic heterocycles. The summed E-state index contributed by atoms with van der Waals surface area (Å²) >= 11 is 0. The summed E-state index contributed by atoms with van der Waals surface area (Å²) in [7, 11) is 3.37. The Morgan fingerprint density at radius 1 is 1.04 bits per heavy atom. The number of aromatic nitrogens is 4. The van der Waals surface area contributed by atoms with Gasteiger partial charge in [0.1, 0.15) is 11.5 Å². The van der Waals surface area contributed by atoms with Crippen molar-refractivity contribution in [2.45, 2.75) is 18.9 Å². The van der Waals surface area contributed by atoms with Crippen LogP contribution < -0.4 is 14.4 Å². The number of benzene rings is 2. The molecule has 7 nitrogen and oxygen atoms in total. The average molecular weight is 351 g/mol. The fourth-order valence-electron chi connectivity index (χ4n) is 3.53. The van der Waals surface area contributed by atoms with E-state index in [1.165, 1.54) is 0 Å². The monoisotopic (exact) mass is 351 g/mol. The second kappa shape index (κ2) is 7.03.